The molecule has 0 spiro atoms. The van der Waals surface area contributed by atoms with Crippen molar-refractivity contribution in [3.8, 4) is 5.75 Å². The first-order valence-corrected chi connectivity index (χ1v) is 7.61. The van der Waals surface area contributed by atoms with E-state index in [-0.39, 0.29) is 16.7 Å². The van der Waals surface area contributed by atoms with E-state index in [1.54, 1.807) is 37.4 Å². The maximum absolute atomic E-state index is 13.3. The number of rotatable bonds is 3. The SMILES string of the molecule is COc1cccc(NC(=O)c2sc3ccc(F)cc3c2Cl)c1. The van der Waals surface area contributed by atoms with Crippen LogP contribution in [0.1, 0.15) is 9.67 Å². The molecule has 0 saturated carbocycles. The normalized spacial score (nSPS) is 10.7. The molecule has 1 N–H and O–H groups in total. The van der Waals surface area contributed by atoms with Gasteiger partial charge in [-0.3, -0.25) is 4.79 Å². The zero-order valence-electron chi connectivity index (χ0n) is 11.5. The maximum atomic E-state index is 13.3. The van der Waals surface area contributed by atoms with Crippen molar-refractivity contribution >= 4 is 44.6 Å². The topological polar surface area (TPSA) is 38.3 Å². The highest BCUT2D eigenvalue weighted by Gasteiger charge is 2.17. The lowest BCUT2D eigenvalue weighted by molar-refractivity contribution is 0.103. The summed E-state index contributed by atoms with van der Waals surface area (Å²) in [6.07, 6.45) is 0. The fraction of sp³-hybridized carbons (Fsp3) is 0.0625. The molecule has 112 valence electrons. The highest BCUT2D eigenvalue weighted by Crippen LogP contribution is 2.36. The molecule has 0 aliphatic heterocycles. The second kappa shape index (κ2) is 5.94. The molecule has 0 radical (unpaired) electrons. The minimum absolute atomic E-state index is 0.264. The molecule has 22 heavy (non-hydrogen) atoms. The van der Waals surface area contributed by atoms with Crippen LogP contribution in [0.15, 0.2) is 42.5 Å². The third-order valence-corrected chi connectivity index (χ3v) is 4.80. The molecular formula is C16H11ClFNO2S. The number of amides is 1. The van der Waals surface area contributed by atoms with E-state index in [1.807, 2.05) is 0 Å². The number of anilines is 1. The number of fused-ring (bicyclic) bond motifs is 1. The van der Waals surface area contributed by atoms with Gasteiger partial charge in [-0.1, -0.05) is 17.7 Å². The van der Waals surface area contributed by atoms with Gasteiger partial charge in [-0.05, 0) is 30.3 Å². The summed E-state index contributed by atoms with van der Waals surface area (Å²) in [5.41, 5.74) is 0.601. The molecule has 1 heterocycles. The number of ether oxygens (including phenoxy) is 1. The van der Waals surface area contributed by atoms with Crippen LogP contribution in [0.3, 0.4) is 0 Å². The number of benzene rings is 2. The Bertz CT molecular complexity index is 862. The molecule has 0 aliphatic carbocycles. The first-order valence-electron chi connectivity index (χ1n) is 6.41. The Morgan fingerprint density at radius 1 is 1.27 bits per heavy atom. The van der Waals surface area contributed by atoms with Crippen molar-refractivity contribution in [2.45, 2.75) is 0 Å². The van der Waals surface area contributed by atoms with Crippen LogP contribution in [-0.4, -0.2) is 13.0 Å². The van der Waals surface area contributed by atoms with E-state index in [2.05, 4.69) is 5.32 Å². The quantitative estimate of drug-likeness (QED) is 0.735. The number of methoxy groups -OCH3 is 1. The van der Waals surface area contributed by atoms with Gasteiger partial charge in [0.15, 0.2) is 0 Å². The molecule has 2 aromatic carbocycles. The minimum atomic E-state index is -0.382. The van der Waals surface area contributed by atoms with Crippen LogP contribution in [0.5, 0.6) is 5.75 Å². The third-order valence-electron chi connectivity index (χ3n) is 3.12. The van der Waals surface area contributed by atoms with Gasteiger partial charge in [-0.2, -0.15) is 0 Å². The van der Waals surface area contributed by atoms with Gasteiger partial charge in [0.05, 0.1) is 12.1 Å². The second-order valence-corrected chi connectivity index (χ2v) is 6.00. The van der Waals surface area contributed by atoms with Crippen molar-refractivity contribution in [2.24, 2.45) is 0 Å². The molecule has 3 rings (SSSR count). The van der Waals surface area contributed by atoms with Crippen molar-refractivity contribution < 1.29 is 13.9 Å². The monoisotopic (exact) mass is 335 g/mol. The Balaban J connectivity index is 1.93. The molecule has 6 heteroatoms. The fourth-order valence-electron chi connectivity index (χ4n) is 2.07. The van der Waals surface area contributed by atoms with Crippen LogP contribution in [0, 0.1) is 5.82 Å². The van der Waals surface area contributed by atoms with Crippen molar-refractivity contribution in [1.82, 2.24) is 0 Å². The van der Waals surface area contributed by atoms with Crippen molar-refractivity contribution in [3.63, 3.8) is 0 Å². The van der Waals surface area contributed by atoms with Gasteiger partial charge in [0.2, 0.25) is 0 Å². The number of halogens is 2. The van der Waals surface area contributed by atoms with E-state index in [0.29, 0.717) is 21.7 Å². The largest absolute Gasteiger partial charge is 0.497 e. The standard InChI is InChI=1S/C16H11ClFNO2S/c1-21-11-4-2-3-10(8-11)19-16(20)15-14(17)12-7-9(18)5-6-13(12)22-15/h2-8H,1H3,(H,19,20). The lowest BCUT2D eigenvalue weighted by Gasteiger charge is -2.06. The number of nitrogens with one attached hydrogen (secondary N) is 1. The summed E-state index contributed by atoms with van der Waals surface area (Å²) >= 11 is 7.43. The van der Waals surface area contributed by atoms with Gasteiger partial charge >= 0.3 is 0 Å². The summed E-state index contributed by atoms with van der Waals surface area (Å²) in [5, 5.41) is 3.57. The highest BCUT2D eigenvalue weighted by molar-refractivity contribution is 7.21. The molecular weight excluding hydrogens is 325 g/mol. The van der Waals surface area contributed by atoms with Crippen LogP contribution in [0.25, 0.3) is 10.1 Å². The number of carbonyl (C=O) groups excluding carboxylic acids is 1. The van der Waals surface area contributed by atoms with Crippen LogP contribution >= 0.6 is 22.9 Å². The lowest BCUT2D eigenvalue weighted by Crippen LogP contribution is -2.10. The molecule has 0 unspecified atom stereocenters. The van der Waals surface area contributed by atoms with E-state index in [1.165, 1.54) is 23.5 Å². The van der Waals surface area contributed by atoms with Crippen molar-refractivity contribution in [2.75, 3.05) is 12.4 Å². The fourth-order valence-corrected chi connectivity index (χ4v) is 3.46. The molecule has 0 bridgehead atoms. The molecule has 1 amide bonds. The summed E-state index contributed by atoms with van der Waals surface area (Å²) in [5.74, 6) is -0.0749. The Morgan fingerprint density at radius 3 is 2.86 bits per heavy atom. The summed E-state index contributed by atoms with van der Waals surface area (Å²) in [4.78, 5) is 12.7. The smallest absolute Gasteiger partial charge is 0.267 e. The zero-order valence-corrected chi connectivity index (χ0v) is 13.1. The summed E-state index contributed by atoms with van der Waals surface area (Å²) in [6, 6.07) is 11.3. The predicted octanol–water partition coefficient (Wildman–Crippen LogP) is 4.95. The van der Waals surface area contributed by atoms with E-state index in [9.17, 15) is 9.18 Å². The number of hydrogen-bond donors (Lipinski definition) is 1. The summed E-state index contributed by atoms with van der Waals surface area (Å²) in [6.45, 7) is 0. The maximum Gasteiger partial charge on any atom is 0.267 e. The molecule has 3 aromatic rings. The van der Waals surface area contributed by atoms with Crippen LogP contribution in [-0.2, 0) is 0 Å². The molecule has 0 aliphatic rings. The highest BCUT2D eigenvalue weighted by atomic mass is 35.5. The van der Waals surface area contributed by atoms with Gasteiger partial charge < -0.3 is 10.1 Å². The first-order chi connectivity index (χ1) is 10.6. The summed E-state index contributed by atoms with van der Waals surface area (Å²) in [7, 11) is 1.55. The molecule has 0 saturated heterocycles. The Morgan fingerprint density at radius 2 is 2.09 bits per heavy atom. The first kappa shape index (κ1) is 14.8. The number of hydrogen-bond acceptors (Lipinski definition) is 3. The van der Waals surface area contributed by atoms with Crippen molar-refractivity contribution in [1.29, 1.82) is 0 Å². The van der Waals surface area contributed by atoms with Gasteiger partial charge in [-0.15, -0.1) is 11.3 Å². The zero-order chi connectivity index (χ0) is 15.7. The van der Waals surface area contributed by atoms with Gasteiger partial charge in [0.25, 0.3) is 5.91 Å². The van der Waals surface area contributed by atoms with Gasteiger partial charge in [-0.25, -0.2) is 4.39 Å². The minimum Gasteiger partial charge on any atom is -0.497 e. The molecule has 1 aromatic heterocycles. The van der Waals surface area contributed by atoms with E-state index in [4.69, 9.17) is 16.3 Å². The van der Waals surface area contributed by atoms with E-state index in [0.717, 1.165) is 4.70 Å². The molecule has 0 fully saturated rings. The Hall–Kier alpha value is -2.11. The molecule has 3 nitrogen and oxygen atoms in total. The third kappa shape index (κ3) is 2.77. The number of thiophene rings is 1. The van der Waals surface area contributed by atoms with Gasteiger partial charge in [0, 0.05) is 21.8 Å². The second-order valence-electron chi connectivity index (χ2n) is 4.57. The number of carbonyl (C=O) groups is 1. The molecule has 0 atom stereocenters. The van der Waals surface area contributed by atoms with Crippen LogP contribution in [0.4, 0.5) is 10.1 Å². The van der Waals surface area contributed by atoms with Crippen LogP contribution < -0.4 is 10.1 Å². The Kier molecular flexibility index (Phi) is 4.00. The lowest BCUT2D eigenvalue weighted by atomic mass is 10.2. The average molecular weight is 336 g/mol. The van der Waals surface area contributed by atoms with E-state index >= 15 is 0 Å². The van der Waals surface area contributed by atoms with Crippen LogP contribution in [0.2, 0.25) is 5.02 Å². The van der Waals surface area contributed by atoms with Gasteiger partial charge in [0.1, 0.15) is 16.4 Å². The predicted molar refractivity (Wildman–Crippen MR) is 87.7 cm³/mol. The van der Waals surface area contributed by atoms with Crippen molar-refractivity contribution in [3.05, 3.63) is 58.2 Å². The summed E-state index contributed by atoms with van der Waals surface area (Å²) < 4.78 is 19.2. The average Bonchev–Trinajstić information content (AvgIpc) is 2.84. The Labute approximate surface area is 135 Å². The van der Waals surface area contributed by atoms with E-state index < -0.39 is 0 Å².